The Morgan fingerprint density at radius 3 is 2.30 bits per heavy atom. The van der Waals surface area contributed by atoms with Crippen LogP contribution in [0.1, 0.15) is 22.3 Å². The molecule has 0 radical (unpaired) electrons. The normalized spacial score (nSPS) is 10.4. The summed E-state index contributed by atoms with van der Waals surface area (Å²) in [6, 6.07) is 23.1. The Kier molecular flexibility index (Phi) is 6.94. The Labute approximate surface area is 167 Å². The monoisotopic (exact) mass is 375 g/mol. The number of pyridine rings is 1. The zero-order valence-electron chi connectivity index (χ0n) is 15.6. The summed E-state index contributed by atoms with van der Waals surface area (Å²) in [6.45, 7) is 4.43. The van der Waals surface area contributed by atoms with Crippen LogP contribution in [-0.2, 0) is 19.5 Å². The summed E-state index contributed by atoms with van der Waals surface area (Å²) >= 11 is 5.71. The van der Waals surface area contributed by atoms with Crippen LogP contribution in [0.4, 0.5) is 0 Å². The van der Waals surface area contributed by atoms with Crippen molar-refractivity contribution in [2.75, 3.05) is 6.54 Å². The number of benzene rings is 2. The summed E-state index contributed by atoms with van der Waals surface area (Å²) in [6.07, 6.45) is 4.64. The topological polar surface area (TPSA) is 28.2 Å². The predicted octanol–water partition coefficient (Wildman–Crippen LogP) is 4.51. The molecule has 0 spiro atoms. The minimum absolute atomic E-state index is 0.735. The zero-order valence-corrected chi connectivity index (χ0v) is 16.5. The van der Waals surface area contributed by atoms with Gasteiger partial charge in [-0.2, -0.15) is 0 Å². The molecule has 1 N–H and O–H groups in total. The summed E-state index contributed by atoms with van der Waals surface area (Å²) in [7, 11) is 0. The molecule has 0 saturated carbocycles. The quantitative estimate of drug-likeness (QED) is 0.615. The van der Waals surface area contributed by atoms with Crippen molar-refractivity contribution in [1.29, 1.82) is 0 Å². The standard InChI is InChI=1S/C23H25N3S/c1-19-9-11-21(12-10-19)17-26(18-22-8-5-14-24-16-22)23(27)25-15-13-20-6-3-2-4-7-20/h2-12,14,16H,13,15,17-18H2,1H3,(H,25,27). The fraction of sp³-hybridized carbons (Fsp3) is 0.217. The molecule has 3 nitrogen and oxygen atoms in total. The lowest BCUT2D eigenvalue weighted by molar-refractivity contribution is 0.399. The third-order valence-corrected chi connectivity index (χ3v) is 4.81. The molecule has 138 valence electrons. The molecule has 0 unspecified atom stereocenters. The van der Waals surface area contributed by atoms with Crippen LogP contribution in [0.25, 0.3) is 0 Å². The van der Waals surface area contributed by atoms with E-state index in [9.17, 15) is 0 Å². The second-order valence-electron chi connectivity index (χ2n) is 6.67. The highest BCUT2D eigenvalue weighted by Gasteiger charge is 2.11. The first kappa shape index (κ1) is 19.1. The Balaban J connectivity index is 1.64. The maximum Gasteiger partial charge on any atom is 0.169 e. The van der Waals surface area contributed by atoms with E-state index in [4.69, 9.17) is 12.2 Å². The van der Waals surface area contributed by atoms with Gasteiger partial charge in [0.25, 0.3) is 0 Å². The van der Waals surface area contributed by atoms with Crippen molar-refractivity contribution < 1.29 is 0 Å². The van der Waals surface area contributed by atoms with Gasteiger partial charge in [0.2, 0.25) is 0 Å². The van der Waals surface area contributed by atoms with Crippen molar-refractivity contribution in [3.8, 4) is 0 Å². The van der Waals surface area contributed by atoms with Gasteiger partial charge in [-0.25, -0.2) is 0 Å². The molecule has 0 atom stereocenters. The number of nitrogens with one attached hydrogen (secondary N) is 1. The molecule has 4 heteroatoms. The number of hydrogen-bond acceptors (Lipinski definition) is 2. The van der Waals surface area contributed by atoms with E-state index in [-0.39, 0.29) is 0 Å². The predicted molar refractivity (Wildman–Crippen MR) is 115 cm³/mol. The molecule has 0 aliphatic rings. The highest BCUT2D eigenvalue weighted by Crippen LogP contribution is 2.11. The van der Waals surface area contributed by atoms with Crippen LogP contribution in [0.15, 0.2) is 79.1 Å². The number of nitrogens with zero attached hydrogens (tertiary/aromatic N) is 2. The molecular weight excluding hydrogens is 350 g/mol. The van der Waals surface area contributed by atoms with Gasteiger partial charge < -0.3 is 10.2 Å². The van der Waals surface area contributed by atoms with E-state index in [1.165, 1.54) is 16.7 Å². The van der Waals surface area contributed by atoms with Crippen molar-refractivity contribution in [1.82, 2.24) is 15.2 Å². The Morgan fingerprint density at radius 1 is 0.889 bits per heavy atom. The average Bonchev–Trinajstić information content (AvgIpc) is 2.70. The molecule has 1 aromatic heterocycles. The van der Waals surface area contributed by atoms with Gasteiger partial charge in [0.05, 0.1) is 0 Å². The van der Waals surface area contributed by atoms with E-state index in [0.29, 0.717) is 0 Å². The minimum atomic E-state index is 0.735. The van der Waals surface area contributed by atoms with E-state index in [0.717, 1.165) is 36.7 Å². The van der Waals surface area contributed by atoms with Crippen LogP contribution in [-0.4, -0.2) is 21.5 Å². The van der Waals surface area contributed by atoms with E-state index in [1.807, 2.05) is 18.3 Å². The molecule has 0 aliphatic heterocycles. The molecule has 3 rings (SSSR count). The molecule has 0 bridgehead atoms. The van der Waals surface area contributed by atoms with Crippen LogP contribution in [0.5, 0.6) is 0 Å². The Hall–Kier alpha value is -2.72. The third kappa shape index (κ3) is 6.19. The minimum Gasteiger partial charge on any atom is -0.362 e. The van der Waals surface area contributed by atoms with Crippen molar-refractivity contribution >= 4 is 17.3 Å². The molecule has 0 aliphatic carbocycles. The van der Waals surface area contributed by atoms with Crippen molar-refractivity contribution in [2.45, 2.75) is 26.4 Å². The zero-order chi connectivity index (χ0) is 18.9. The van der Waals surface area contributed by atoms with Gasteiger partial charge in [0.15, 0.2) is 5.11 Å². The average molecular weight is 376 g/mol. The molecule has 0 saturated heterocycles. The van der Waals surface area contributed by atoms with Crippen molar-refractivity contribution in [3.05, 3.63) is 101 Å². The first-order chi connectivity index (χ1) is 13.2. The van der Waals surface area contributed by atoms with Crippen LogP contribution >= 0.6 is 12.2 Å². The summed E-state index contributed by atoms with van der Waals surface area (Å²) in [4.78, 5) is 6.42. The fourth-order valence-electron chi connectivity index (χ4n) is 2.90. The van der Waals surface area contributed by atoms with E-state index >= 15 is 0 Å². The molecule has 1 heterocycles. The van der Waals surface area contributed by atoms with Gasteiger partial charge >= 0.3 is 0 Å². The summed E-state index contributed by atoms with van der Waals surface area (Å²) in [5, 5.41) is 4.19. The second kappa shape index (κ2) is 9.83. The lowest BCUT2D eigenvalue weighted by atomic mass is 10.1. The third-order valence-electron chi connectivity index (χ3n) is 4.41. The SMILES string of the molecule is Cc1ccc(CN(Cc2cccnc2)C(=S)NCCc2ccccc2)cc1. The molecule has 0 amide bonds. The molecule has 2 aromatic carbocycles. The molecule has 27 heavy (non-hydrogen) atoms. The highest BCUT2D eigenvalue weighted by molar-refractivity contribution is 7.80. The fourth-order valence-corrected chi connectivity index (χ4v) is 3.13. The number of aromatic nitrogens is 1. The van der Waals surface area contributed by atoms with E-state index in [1.54, 1.807) is 6.20 Å². The van der Waals surface area contributed by atoms with Gasteiger partial charge in [-0.05, 0) is 48.3 Å². The number of hydrogen-bond donors (Lipinski definition) is 1. The van der Waals surface area contributed by atoms with Crippen LogP contribution in [0, 0.1) is 6.92 Å². The highest BCUT2D eigenvalue weighted by atomic mass is 32.1. The summed E-state index contributed by atoms with van der Waals surface area (Å²) in [5.74, 6) is 0. The number of aryl methyl sites for hydroxylation is 1. The molecular formula is C23H25N3S. The summed E-state index contributed by atoms with van der Waals surface area (Å²) in [5.41, 5.74) is 4.97. The van der Waals surface area contributed by atoms with Gasteiger partial charge in [-0.3, -0.25) is 4.98 Å². The van der Waals surface area contributed by atoms with Crippen LogP contribution in [0.2, 0.25) is 0 Å². The van der Waals surface area contributed by atoms with Gasteiger partial charge in [0, 0.05) is 32.0 Å². The van der Waals surface area contributed by atoms with E-state index in [2.05, 4.69) is 76.7 Å². The Morgan fingerprint density at radius 2 is 1.59 bits per heavy atom. The molecule has 3 aromatic rings. The van der Waals surface area contributed by atoms with E-state index < -0.39 is 0 Å². The second-order valence-corrected chi connectivity index (χ2v) is 7.06. The van der Waals surface area contributed by atoms with Crippen LogP contribution < -0.4 is 5.32 Å². The van der Waals surface area contributed by atoms with Crippen LogP contribution in [0.3, 0.4) is 0 Å². The number of thiocarbonyl (C=S) groups is 1. The smallest absolute Gasteiger partial charge is 0.169 e. The van der Waals surface area contributed by atoms with Gasteiger partial charge in [-0.15, -0.1) is 0 Å². The van der Waals surface area contributed by atoms with Crippen molar-refractivity contribution in [3.63, 3.8) is 0 Å². The Bertz CT molecular complexity index is 833. The van der Waals surface area contributed by atoms with Gasteiger partial charge in [-0.1, -0.05) is 66.2 Å². The molecule has 0 fully saturated rings. The first-order valence-electron chi connectivity index (χ1n) is 9.22. The maximum atomic E-state index is 5.71. The van der Waals surface area contributed by atoms with Gasteiger partial charge in [0.1, 0.15) is 0 Å². The van der Waals surface area contributed by atoms with Crippen molar-refractivity contribution in [2.24, 2.45) is 0 Å². The lowest BCUT2D eigenvalue weighted by Gasteiger charge is -2.26. The first-order valence-corrected chi connectivity index (χ1v) is 9.63. The summed E-state index contributed by atoms with van der Waals surface area (Å²) < 4.78 is 0. The lowest BCUT2D eigenvalue weighted by Crippen LogP contribution is -2.39. The largest absolute Gasteiger partial charge is 0.362 e. The maximum absolute atomic E-state index is 5.71. The number of rotatable bonds is 7.